The van der Waals surface area contributed by atoms with E-state index in [0.717, 1.165) is 11.3 Å². The van der Waals surface area contributed by atoms with Gasteiger partial charge in [0.1, 0.15) is 16.1 Å². The number of hydrogen-bond donors (Lipinski definition) is 0. The molecule has 0 N–H and O–H groups in total. The number of rotatable bonds is 4. The van der Waals surface area contributed by atoms with Crippen LogP contribution in [0.3, 0.4) is 0 Å². The first-order valence-corrected chi connectivity index (χ1v) is 10.7. The molecule has 11 heteroatoms. The van der Waals surface area contributed by atoms with Crippen molar-refractivity contribution in [1.82, 2.24) is 14.6 Å². The normalized spacial score (nSPS) is 12.0. The third-order valence-corrected chi connectivity index (χ3v) is 6.13. The van der Waals surface area contributed by atoms with E-state index in [2.05, 4.69) is 10.1 Å². The molecule has 0 unspecified atom stereocenters. The fraction of sp³-hybridized carbons (Fsp3) is 0. The second-order valence-electron chi connectivity index (χ2n) is 6.65. The Hall–Kier alpha value is -3.53. The highest BCUT2D eigenvalue weighted by Crippen LogP contribution is 2.31. The molecule has 0 spiro atoms. The van der Waals surface area contributed by atoms with Crippen LogP contribution in [-0.4, -0.2) is 19.5 Å². The molecule has 8 nitrogen and oxygen atoms in total. The molecule has 0 saturated heterocycles. The van der Waals surface area contributed by atoms with Crippen molar-refractivity contribution >= 4 is 51.3 Å². The second kappa shape index (κ2) is 7.86. The van der Waals surface area contributed by atoms with Gasteiger partial charge in [-0.3, -0.25) is 14.9 Å². The maximum absolute atomic E-state index is 12.8. The smallest absolute Gasteiger partial charge is 0.291 e. The van der Waals surface area contributed by atoms with Gasteiger partial charge in [0.05, 0.1) is 15.5 Å². The van der Waals surface area contributed by atoms with Crippen molar-refractivity contribution in [3.8, 4) is 22.7 Å². The lowest BCUT2D eigenvalue weighted by molar-refractivity contribution is -0.384. The zero-order chi connectivity index (χ0) is 22.4. The summed E-state index contributed by atoms with van der Waals surface area (Å²) in [6.45, 7) is 0. The molecule has 5 aromatic rings. The predicted octanol–water partition coefficient (Wildman–Crippen LogP) is 4.84. The SMILES string of the molecule is O=c1c(=Cc2ccc(-c3ccccc3[N+](=O)[O-])o2)sc2nc(-c3ccc(Cl)cc3Cl)nn12. The van der Waals surface area contributed by atoms with Crippen molar-refractivity contribution in [1.29, 1.82) is 0 Å². The average Bonchev–Trinajstić information content (AvgIpc) is 3.46. The van der Waals surface area contributed by atoms with Gasteiger partial charge in [-0.1, -0.05) is 46.7 Å². The van der Waals surface area contributed by atoms with Crippen LogP contribution in [0.25, 0.3) is 33.7 Å². The minimum atomic E-state index is -0.471. The van der Waals surface area contributed by atoms with Crippen LogP contribution in [0, 0.1) is 10.1 Å². The van der Waals surface area contributed by atoms with Crippen molar-refractivity contribution in [3.63, 3.8) is 0 Å². The molecule has 0 bridgehead atoms. The van der Waals surface area contributed by atoms with Gasteiger partial charge in [0.15, 0.2) is 5.82 Å². The Morgan fingerprint density at radius 1 is 1.09 bits per heavy atom. The lowest BCUT2D eigenvalue weighted by Crippen LogP contribution is -2.23. The largest absolute Gasteiger partial charge is 0.456 e. The van der Waals surface area contributed by atoms with E-state index in [1.54, 1.807) is 54.6 Å². The standard InChI is InChI=1S/C21H10Cl2N4O4S/c22-11-5-7-13(15(23)9-11)19-24-21-26(25-19)20(28)18(32-21)10-12-6-8-17(31-12)14-3-1-2-4-16(14)27(29)30/h1-10H. The van der Waals surface area contributed by atoms with Crippen LogP contribution in [0.4, 0.5) is 5.69 Å². The van der Waals surface area contributed by atoms with Gasteiger partial charge in [-0.15, -0.1) is 5.10 Å². The number of fused-ring (bicyclic) bond motifs is 1. The molecule has 0 aliphatic carbocycles. The number of para-hydroxylation sites is 1. The fourth-order valence-corrected chi connectivity index (χ4v) is 4.55. The van der Waals surface area contributed by atoms with Crippen molar-refractivity contribution in [2.45, 2.75) is 0 Å². The van der Waals surface area contributed by atoms with Crippen molar-refractivity contribution in [2.24, 2.45) is 0 Å². The number of aromatic nitrogens is 3. The van der Waals surface area contributed by atoms with E-state index in [1.165, 1.54) is 10.6 Å². The van der Waals surface area contributed by atoms with Crippen LogP contribution in [0.15, 0.2) is 63.8 Å². The van der Waals surface area contributed by atoms with E-state index in [9.17, 15) is 14.9 Å². The lowest BCUT2D eigenvalue weighted by atomic mass is 10.1. The van der Waals surface area contributed by atoms with E-state index in [1.807, 2.05) is 0 Å². The first kappa shape index (κ1) is 20.4. The zero-order valence-corrected chi connectivity index (χ0v) is 18.2. The summed E-state index contributed by atoms with van der Waals surface area (Å²) in [4.78, 5) is 28.4. The summed E-state index contributed by atoms with van der Waals surface area (Å²) in [7, 11) is 0. The molecule has 0 radical (unpaired) electrons. The van der Waals surface area contributed by atoms with Gasteiger partial charge in [-0.2, -0.15) is 9.50 Å². The molecule has 3 heterocycles. The molecule has 3 aromatic heterocycles. The number of benzene rings is 2. The summed E-state index contributed by atoms with van der Waals surface area (Å²) in [6.07, 6.45) is 1.55. The van der Waals surface area contributed by atoms with Gasteiger partial charge >= 0.3 is 0 Å². The summed E-state index contributed by atoms with van der Waals surface area (Å²) in [5.41, 5.74) is 0.492. The highest BCUT2D eigenvalue weighted by molar-refractivity contribution is 7.15. The average molecular weight is 485 g/mol. The molecule has 2 aromatic carbocycles. The predicted molar refractivity (Wildman–Crippen MR) is 122 cm³/mol. The Bertz CT molecular complexity index is 1620. The maximum atomic E-state index is 12.8. The Morgan fingerprint density at radius 2 is 1.91 bits per heavy atom. The first-order valence-electron chi connectivity index (χ1n) is 9.11. The van der Waals surface area contributed by atoms with E-state index in [4.69, 9.17) is 27.6 Å². The first-order chi connectivity index (χ1) is 15.4. The van der Waals surface area contributed by atoms with Crippen molar-refractivity contribution < 1.29 is 9.34 Å². The summed E-state index contributed by atoms with van der Waals surface area (Å²) in [5, 5.41) is 16.4. The zero-order valence-electron chi connectivity index (χ0n) is 15.9. The maximum Gasteiger partial charge on any atom is 0.291 e. The molecular formula is C21H10Cl2N4O4S. The number of hydrogen-bond acceptors (Lipinski definition) is 7. The fourth-order valence-electron chi connectivity index (χ4n) is 3.16. The van der Waals surface area contributed by atoms with Crippen LogP contribution in [-0.2, 0) is 0 Å². The van der Waals surface area contributed by atoms with Crippen molar-refractivity contribution in [2.75, 3.05) is 0 Å². The summed E-state index contributed by atoms with van der Waals surface area (Å²) in [6, 6.07) is 14.5. The third kappa shape index (κ3) is 3.56. The summed E-state index contributed by atoms with van der Waals surface area (Å²) in [5.74, 6) is 1.02. The van der Waals surface area contributed by atoms with Gasteiger partial charge in [0, 0.05) is 22.7 Å². The molecule has 0 aliphatic heterocycles. The van der Waals surface area contributed by atoms with Crippen LogP contribution >= 0.6 is 34.5 Å². The molecule has 0 aliphatic rings. The molecule has 5 rings (SSSR count). The van der Waals surface area contributed by atoms with Crippen LogP contribution in [0.1, 0.15) is 5.76 Å². The number of halogens is 2. The molecular weight excluding hydrogens is 475 g/mol. The van der Waals surface area contributed by atoms with Gasteiger partial charge in [-0.05, 0) is 36.4 Å². The van der Waals surface area contributed by atoms with E-state index >= 15 is 0 Å². The monoisotopic (exact) mass is 484 g/mol. The molecule has 32 heavy (non-hydrogen) atoms. The van der Waals surface area contributed by atoms with E-state index < -0.39 is 4.92 Å². The molecule has 0 atom stereocenters. The van der Waals surface area contributed by atoms with Gasteiger partial charge in [0.25, 0.3) is 11.2 Å². The van der Waals surface area contributed by atoms with E-state index in [-0.39, 0.29) is 11.2 Å². The highest BCUT2D eigenvalue weighted by Gasteiger charge is 2.18. The number of nitro benzene ring substituents is 1. The summed E-state index contributed by atoms with van der Waals surface area (Å²) < 4.78 is 7.30. The van der Waals surface area contributed by atoms with E-state index in [0.29, 0.717) is 48.0 Å². The number of nitro groups is 1. The van der Waals surface area contributed by atoms with Crippen LogP contribution in [0.2, 0.25) is 10.0 Å². The van der Waals surface area contributed by atoms with Crippen LogP contribution in [0.5, 0.6) is 0 Å². The number of nitrogens with zero attached hydrogens (tertiary/aromatic N) is 4. The van der Waals surface area contributed by atoms with Gasteiger partial charge in [0.2, 0.25) is 4.96 Å². The topological polar surface area (TPSA) is 104 Å². The molecule has 0 amide bonds. The second-order valence-corrected chi connectivity index (χ2v) is 8.50. The Balaban J connectivity index is 1.53. The Labute approximate surface area is 193 Å². The third-order valence-electron chi connectivity index (χ3n) is 4.62. The quantitative estimate of drug-likeness (QED) is 0.267. The van der Waals surface area contributed by atoms with Crippen molar-refractivity contribution in [3.05, 3.63) is 95.4 Å². The highest BCUT2D eigenvalue weighted by atomic mass is 35.5. The lowest BCUT2D eigenvalue weighted by Gasteiger charge is -1.99. The molecule has 158 valence electrons. The number of thiazole rings is 1. The van der Waals surface area contributed by atoms with Gasteiger partial charge < -0.3 is 4.42 Å². The minimum Gasteiger partial charge on any atom is -0.456 e. The molecule has 0 fully saturated rings. The number of furan rings is 1. The van der Waals surface area contributed by atoms with Gasteiger partial charge in [-0.25, -0.2) is 0 Å². The Morgan fingerprint density at radius 3 is 2.66 bits per heavy atom. The molecule has 0 saturated carbocycles. The Kier molecular flexibility index (Phi) is 5.01. The van der Waals surface area contributed by atoms with Crippen LogP contribution < -0.4 is 10.1 Å². The summed E-state index contributed by atoms with van der Waals surface area (Å²) >= 11 is 13.3. The minimum absolute atomic E-state index is 0.0647.